The van der Waals surface area contributed by atoms with Gasteiger partial charge in [-0.3, -0.25) is 9.59 Å². The van der Waals surface area contributed by atoms with Gasteiger partial charge in [-0.05, 0) is 19.1 Å². The minimum atomic E-state index is -0.833. The third-order valence-corrected chi connectivity index (χ3v) is 1.28. The highest BCUT2D eigenvalue weighted by Crippen LogP contribution is 2.10. The van der Waals surface area contributed by atoms with E-state index in [0.29, 0.717) is 5.75 Å². The number of ether oxygens (including phenoxy) is 1. The Labute approximate surface area is 88.5 Å². The topological polar surface area (TPSA) is 63.6 Å². The zero-order valence-corrected chi connectivity index (χ0v) is 8.98. The number of carbonyl (C=O) groups excluding carboxylic acids is 1. The Bertz CT molecular complexity index is 323. The second-order valence-electron chi connectivity index (χ2n) is 2.93. The molecule has 82 valence electrons. The number of hydrogen-bond acceptors (Lipinski definition) is 3. The molecule has 0 saturated heterocycles. The lowest BCUT2D eigenvalue weighted by Gasteiger charge is -1.99. The van der Waals surface area contributed by atoms with Crippen LogP contribution in [0.3, 0.4) is 0 Å². The van der Waals surface area contributed by atoms with Crippen LogP contribution in [0.25, 0.3) is 0 Å². The SMILES string of the molecule is CC(=O)O.CC(=O)Oc1ccc(C)cc1. The number of hydrogen-bond donors (Lipinski definition) is 1. The summed E-state index contributed by atoms with van der Waals surface area (Å²) < 4.78 is 4.83. The monoisotopic (exact) mass is 210 g/mol. The molecular formula is C11H14O4. The van der Waals surface area contributed by atoms with Crippen molar-refractivity contribution >= 4 is 11.9 Å². The molecule has 0 spiro atoms. The van der Waals surface area contributed by atoms with E-state index < -0.39 is 5.97 Å². The first kappa shape index (κ1) is 13.2. The Morgan fingerprint density at radius 1 is 1.13 bits per heavy atom. The number of benzene rings is 1. The lowest BCUT2D eigenvalue weighted by atomic mass is 10.2. The molecule has 0 fully saturated rings. The van der Waals surface area contributed by atoms with E-state index in [-0.39, 0.29) is 5.97 Å². The van der Waals surface area contributed by atoms with E-state index in [1.807, 2.05) is 19.1 Å². The smallest absolute Gasteiger partial charge is 0.308 e. The van der Waals surface area contributed by atoms with Crippen LogP contribution in [0.1, 0.15) is 19.4 Å². The van der Waals surface area contributed by atoms with Crippen molar-refractivity contribution in [3.63, 3.8) is 0 Å². The highest BCUT2D eigenvalue weighted by molar-refractivity contribution is 5.69. The summed E-state index contributed by atoms with van der Waals surface area (Å²) in [5, 5.41) is 7.42. The van der Waals surface area contributed by atoms with Crippen molar-refractivity contribution in [2.75, 3.05) is 0 Å². The molecule has 1 aromatic carbocycles. The van der Waals surface area contributed by atoms with Crippen molar-refractivity contribution in [1.82, 2.24) is 0 Å². The quantitative estimate of drug-likeness (QED) is 0.569. The summed E-state index contributed by atoms with van der Waals surface area (Å²) in [5.74, 6) is -0.517. The average Bonchev–Trinajstić information content (AvgIpc) is 2.07. The van der Waals surface area contributed by atoms with Gasteiger partial charge in [0.15, 0.2) is 0 Å². The van der Waals surface area contributed by atoms with Crippen LogP contribution in [0, 0.1) is 6.92 Å². The third-order valence-electron chi connectivity index (χ3n) is 1.28. The highest BCUT2D eigenvalue weighted by Gasteiger charge is 1.94. The summed E-state index contributed by atoms with van der Waals surface area (Å²) in [6.45, 7) is 4.46. The molecule has 4 heteroatoms. The Balaban J connectivity index is 0.000000423. The molecule has 0 aliphatic heterocycles. The van der Waals surface area contributed by atoms with Gasteiger partial charge >= 0.3 is 5.97 Å². The number of aliphatic carboxylic acids is 1. The summed E-state index contributed by atoms with van der Waals surface area (Å²) in [5.41, 5.74) is 1.15. The van der Waals surface area contributed by atoms with E-state index in [4.69, 9.17) is 14.6 Å². The van der Waals surface area contributed by atoms with Crippen molar-refractivity contribution in [3.05, 3.63) is 29.8 Å². The minimum Gasteiger partial charge on any atom is -0.481 e. The van der Waals surface area contributed by atoms with Crippen LogP contribution in [-0.2, 0) is 9.59 Å². The first-order valence-corrected chi connectivity index (χ1v) is 4.36. The van der Waals surface area contributed by atoms with Crippen molar-refractivity contribution in [3.8, 4) is 5.75 Å². The van der Waals surface area contributed by atoms with Crippen molar-refractivity contribution < 1.29 is 19.4 Å². The molecule has 0 saturated carbocycles. The van der Waals surface area contributed by atoms with Crippen molar-refractivity contribution in [1.29, 1.82) is 0 Å². The summed E-state index contributed by atoms with van der Waals surface area (Å²) >= 11 is 0. The van der Waals surface area contributed by atoms with Crippen LogP contribution in [0.4, 0.5) is 0 Å². The molecule has 0 amide bonds. The van der Waals surface area contributed by atoms with E-state index in [9.17, 15) is 4.79 Å². The standard InChI is InChI=1S/C9H10O2.C2H4O2/c1-7-3-5-9(6-4-7)11-8(2)10;1-2(3)4/h3-6H,1-2H3;1H3,(H,3,4). The predicted molar refractivity (Wildman–Crippen MR) is 55.8 cm³/mol. The van der Waals surface area contributed by atoms with E-state index in [2.05, 4.69) is 0 Å². The van der Waals surface area contributed by atoms with Crippen LogP contribution in [-0.4, -0.2) is 17.0 Å². The fourth-order valence-corrected chi connectivity index (χ4v) is 0.772. The van der Waals surface area contributed by atoms with Crippen molar-refractivity contribution in [2.24, 2.45) is 0 Å². The van der Waals surface area contributed by atoms with Crippen LogP contribution in [0.5, 0.6) is 5.75 Å². The minimum absolute atomic E-state index is 0.283. The summed E-state index contributed by atoms with van der Waals surface area (Å²) in [6, 6.07) is 7.35. The molecule has 15 heavy (non-hydrogen) atoms. The summed E-state index contributed by atoms with van der Waals surface area (Å²) in [6.07, 6.45) is 0. The van der Waals surface area contributed by atoms with Gasteiger partial charge < -0.3 is 9.84 Å². The van der Waals surface area contributed by atoms with Crippen LogP contribution in [0.15, 0.2) is 24.3 Å². The molecule has 1 N–H and O–H groups in total. The average molecular weight is 210 g/mol. The summed E-state index contributed by atoms with van der Waals surface area (Å²) in [4.78, 5) is 19.5. The zero-order valence-electron chi connectivity index (χ0n) is 8.98. The number of carboxylic acid groups (broad SMARTS) is 1. The van der Waals surface area contributed by atoms with Gasteiger partial charge in [0.2, 0.25) is 0 Å². The normalized spacial score (nSPS) is 8.47. The molecule has 0 aliphatic rings. The molecule has 0 unspecified atom stereocenters. The predicted octanol–water partition coefficient (Wildman–Crippen LogP) is 2.01. The van der Waals surface area contributed by atoms with E-state index in [0.717, 1.165) is 12.5 Å². The highest BCUT2D eigenvalue weighted by atomic mass is 16.5. The van der Waals surface area contributed by atoms with E-state index in [1.54, 1.807) is 12.1 Å². The van der Waals surface area contributed by atoms with Crippen LogP contribution < -0.4 is 4.74 Å². The number of carboxylic acids is 1. The third kappa shape index (κ3) is 8.49. The summed E-state index contributed by atoms with van der Waals surface area (Å²) in [7, 11) is 0. The van der Waals surface area contributed by atoms with Crippen LogP contribution in [0.2, 0.25) is 0 Å². The number of rotatable bonds is 1. The van der Waals surface area contributed by atoms with Gasteiger partial charge in [-0.25, -0.2) is 0 Å². The lowest BCUT2D eigenvalue weighted by Crippen LogP contribution is -2.00. The molecule has 1 aromatic rings. The maximum atomic E-state index is 10.5. The number of aryl methyl sites for hydroxylation is 1. The number of carbonyl (C=O) groups is 2. The fraction of sp³-hybridized carbons (Fsp3) is 0.273. The van der Waals surface area contributed by atoms with Gasteiger partial charge in [-0.15, -0.1) is 0 Å². The molecule has 0 radical (unpaired) electrons. The molecule has 0 heterocycles. The van der Waals surface area contributed by atoms with Crippen molar-refractivity contribution in [2.45, 2.75) is 20.8 Å². The van der Waals surface area contributed by atoms with Gasteiger partial charge in [0.25, 0.3) is 5.97 Å². The number of esters is 1. The van der Waals surface area contributed by atoms with Gasteiger partial charge in [0, 0.05) is 13.8 Å². The van der Waals surface area contributed by atoms with Gasteiger partial charge in [0.05, 0.1) is 0 Å². The lowest BCUT2D eigenvalue weighted by molar-refractivity contribution is -0.134. The second-order valence-corrected chi connectivity index (χ2v) is 2.93. The Hall–Kier alpha value is -1.84. The molecular weight excluding hydrogens is 196 g/mol. The Morgan fingerprint density at radius 2 is 1.53 bits per heavy atom. The van der Waals surface area contributed by atoms with Crippen LogP contribution >= 0.6 is 0 Å². The van der Waals surface area contributed by atoms with Gasteiger partial charge in [0.1, 0.15) is 5.75 Å². The van der Waals surface area contributed by atoms with Gasteiger partial charge in [-0.1, -0.05) is 17.7 Å². The molecule has 1 rings (SSSR count). The molecule has 0 aliphatic carbocycles. The molecule has 0 bridgehead atoms. The van der Waals surface area contributed by atoms with E-state index in [1.165, 1.54) is 6.92 Å². The maximum Gasteiger partial charge on any atom is 0.308 e. The zero-order chi connectivity index (χ0) is 11.8. The van der Waals surface area contributed by atoms with Gasteiger partial charge in [-0.2, -0.15) is 0 Å². The molecule has 4 nitrogen and oxygen atoms in total. The first-order valence-electron chi connectivity index (χ1n) is 4.36. The van der Waals surface area contributed by atoms with E-state index >= 15 is 0 Å². The first-order chi connectivity index (χ1) is 6.91. The maximum absolute atomic E-state index is 10.5. The second kappa shape index (κ2) is 6.59. The molecule has 0 aromatic heterocycles. The Kier molecular flexibility index (Phi) is 5.78. The molecule has 0 atom stereocenters. The Morgan fingerprint density at radius 3 is 1.87 bits per heavy atom. The largest absolute Gasteiger partial charge is 0.481 e. The fourth-order valence-electron chi connectivity index (χ4n) is 0.772.